The SMILES string of the molecule is Cc1cc(NC(=O)C2CC(=O)N(c3ccc4c(c3)OCO4)C2)ccc1N(C)C. The number of nitrogens with zero attached hydrogens (tertiary/aromatic N) is 2. The number of anilines is 3. The molecule has 2 heterocycles. The van der Waals surface area contributed by atoms with E-state index < -0.39 is 5.92 Å². The molecule has 28 heavy (non-hydrogen) atoms. The second-order valence-electron chi connectivity index (χ2n) is 7.33. The molecule has 2 aliphatic rings. The van der Waals surface area contributed by atoms with Crippen molar-refractivity contribution in [3.63, 3.8) is 0 Å². The highest BCUT2D eigenvalue weighted by Gasteiger charge is 2.35. The lowest BCUT2D eigenvalue weighted by Crippen LogP contribution is -2.28. The third kappa shape index (κ3) is 3.35. The molecule has 1 unspecified atom stereocenters. The lowest BCUT2D eigenvalue weighted by atomic mass is 10.1. The highest BCUT2D eigenvalue weighted by Crippen LogP contribution is 2.37. The molecule has 7 heteroatoms. The van der Waals surface area contributed by atoms with Crippen LogP contribution < -0.4 is 24.6 Å². The first kappa shape index (κ1) is 18.2. The fourth-order valence-electron chi connectivity index (χ4n) is 3.67. The Hall–Kier alpha value is -3.22. The molecule has 0 bridgehead atoms. The Morgan fingerprint density at radius 1 is 1.14 bits per heavy atom. The van der Waals surface area contributed by atoms with E-state index in [-0.39, 0.29) is 25.0 Å². The first-order valence-electron chi connectivity index (χ1n) is 9.21. The molecular formula is C21H23N3O4. The molecule has 0 radical (unpaired) electrons. The molecule has 2 aliphatic heterocycles. The van der Waals surface area contributed by atoms with Gasteiger partial charge in [0.25, 0.3) is 0 Å². The van der Waals surface area contributed by atoms with Gasteiger partial charge in [0.1, 0.15) is 0 Å². The van der Waals surface area contributed by atoms with E-state index in [0.717, 1.165) is 22.6 Å². The van der Waals surface area contributed by atoms with E-state index in [4.69, 9.17) is 9.47 Å². The number of carbonyl (C=O) groups is 2. The van der Waals surface area contributed by atoms with E-state index in [1.54, 1.807) is 17.0 Å². The van der Waals surface area contributed by atoms with Crippen LogP contribution in [-0.4, -0.2) is 39.2 Å². The fourth-order valence-corrected chi connectivity index (χ4v) is 3.67. The van der Waals surface area contributed by atoms with Crippen molar-refractivity contribution >= 4 is 28.9 Å². The Kier molecular flexibility index (Phi) is 4.58. The Labute approximate surface area is 163 Å². The summed E-state index contributed by atoms with van der Waals surface area (Å²) in [4.78, 5) is 28.9. The van der Waals surface area contributed by atoms with Crippen molar-refractivity contribution in [2.24, 2.45) is 5.92 Å². The van der Waals surface area contributed by atoms with Gasteiger partial charge in [-0.05, 0) is 42.8 Å². The number of nitrogens with one attached hydrogen (secondary N) is 1. The maximum absolute atomic E-state index is 12.7. The molecule has 4 rings (SSSR count). The first-order valence-corrected chi connectivity index (χ1v) is 9.21. The van der Waals surface area contributed by atoms with Gasteiger partial charge in [0.15, 0.2) is 11.5 Å². The summed E-state index contributed by atoms with van der Waals surface area (Å²) in [5.41, 5.74) is 3.63. The van der Waals surface area contributed by atoms with Crippen LogP contribution in [0.2, 0.25) is 0 Å². The predicted molar refractivity (Wildman–Crippen MR) is 107 cm³/mol. The molecule has 0 spiro atoms. The van der Waals surface area contributed by atoms with Gasteiger partial charge in [-0.3, -0.25) is 9.59 Å². The second-order valence-corrected chi connectivity index (χ2v) is 7.33. The molecule has 2 amide bonds. The average molecular weight is 381 g/mol. The number of rotatable bonds is 4. The quantitative estimate of drug-likeness (QED) is 0.882. The van der Waals surface area contributed by atoms with Crippen molar-refractivity contribution in [3.05, 3.63) is 42.0 Å². The van der Waals surface area contributed by atoms with Gasteiger partial charge in [0, 0.05) is 50.2 Å². The summed E-state index contributed by atoms with van der Waals surface area (Å²) in [6, 6.07) is 11.2. The number of amides is 2. The van der Waals surface area contributed by atoms with E-state index >= 15 is 0 Å². The van der Waals surface area contributed by atoms with Crippen molar-refractivity contribution in [2.45, 2.75) is 13.3 Å². The zero-order valence-corrected chi connectivity index (χ0v) is 16.2. The minimum absolute atomic E-state index is 0.0712. The van der Waals surface area contributed by atoms with Gasteiger partial charge in [-0.25, -0.2) is 0 Å². The van der Waals surface area contributed by atoms with E-state index in [1.165, 1.54) is 0 Å². The second kappa shape index (κ2) is 7.07. The van der Waals surface area contributed by atoms with Gasteiger partial charge in [-0.1, -0.05) is 0 Å². The molecule has 146 valence electrons. The summed E-state index contributed by atoms with van der Waals surface area (Å²) in [5, 5.41) is 2.94. The lowest BCUT2D eigenvalue weighted by Gasteiger charge is -2.18. The normalized spacial score (nSPS) is 17.8. The van der Waals surface area contributed by atoms with Gasteiger partial charge in [-0.15, -0.1) is 0 Å². The Morgan fingerprint density at radius 3 is 2.68 bits per heavy atom. The monoisotopic (exact) mass is 381 g/mol. The smallest absolute Gasteiger partial charge is 0.231 e. The number of carbonyl (C=O) groups excluding carboxylic acids is 2. The number of hydrogen-bond acceptors (Lipinski definition) is 5. The summed E-state index contributed by atoms with van der Waals surface area (Å²) < 4.78 is 10.7. The molecule has 1 N–H and O–H groups in total. The van der Waals surface area contributed by atoms with E-state index in [0.29, 0.717) is 18.0 Å². The van der Waals surface area contributed by atoms with Crippen LogP contribution in [0.5, 0.6) is 11.5 Å². The van der Waals surface area contributed by atoms with Gasteiger partial charge in [0.05, 0.1) is 5.92 Å². The topological polar surface area (TPSA) is 71.1 Å². The lowest BCUT2D eigenvalue weighted by molar-refractivity contribution is -0.122. The van der Waals surface area contributed by atoms with Crippen molar-refractivity contribution in [3.8, 4) is 11.5 Å². The molecule has 2 aromatic rings. The zero-order chi connectivity index (χ0) is 19.8. The molecule has 1 saturated heterocycles. The summed E-state index contributed by atoms with van der Waals surface area (Å²) in [6.07, 6.45) is 0.190. The number of fused-ring (bicyclic) bond motifs is 1. The first-order chi connectivity index (χ1) is 13.4. The summed E-state index contributed by atoms with van der Waals surface area (Å²) in [7, 11) is 3.96. The molecule has 7 nitrogen and oxygen atoms in total. The van der Waals surface area contributed by atoms with Crippen LogP contribution >= 0.6 is 0 Å². The van der Waals surface area contributed by atoms with Crippen LogP contribution in [-0.2, 0) is 9.59 Å². The molecule has 0 saturated carbocycles. The largest absolute Gasteiger partial charge is 0.454 e. The predicted octanol–water partition coefficient (Wildman–Crippen LogP) is 2.78. The minimum atomic E-state index is -0.397. The van der Waals surface area contributed by atoms with Crippen LogP contribution in [0, 0.1) is 12.8 Å². The summed E-state index contributed by atoms with van der Waals surface area (Å²) in [6.45, 7) is 2.54. The van der Waals surface area contributed by atoms with Crippen molar-refractivity contribution in [1.82, 2.24) is 0 Å². The van der Waals surface area contributed by atoms with E-state index in [9.17, 15) is 9.59 Å². The third-order valence-corrected chi connectivity index (χ3v) is 5.11. The van der Waals surface area contributed by atoms with Crippen LogP contribution in [0.25, 0.3) is 0 Å². The number of benzene rings is 2. The van der Waals surface area contributed by atoms with Crippen molar-refractivity contribution < 1.29 is 19.1 Å². The van der Waals surface area contributed by atoms with Crippen LogP contribution in [0.4, 0.5) is 17.1 Å². The van der Waals surface area contributed by atoms with E-state index in [2.05, 4.69) is 5.32 Å². The Balaban J connectivity index is 1.45. The molecular weight excluding hydrogens is 358 g/mol. The van der Waals surface area contributed by atoms with Crippen molar-refractivity contribution in [2.75, 3.05) is 42.5 Å². The highest BCUT2D eigenvalue weighted by molar-refractivity contribution is 6.03. The Bertz CT molecular complexity index is 941. The Morgan fingerprint density at radius 2 is 1.93 bits per heavy atom. The third-order valence-electron chi connectivity index (χ3n) is 5.11. The van der Waals surface area contributed by atoms with Gasteiger partial charge < -0.3 is 24.6 Å². The summed E-state index contributed by atoms with van der Waals surface area (Å²) >= 11 is 0. The van der Waals surface area contributed by atoms with Gasteiger partial charge >= 0.3 is 0 Å². The van der Waals surface area contributed by atoms with Crippen LogP contribution in [0.15, 0.2) is 36.4 Å². The van der Waals surface area contributed by atoms with Gasteiger partial charge in [-0.2, -0.15) is 0 Å². The van der Waals surface area contributed by atoms with E-state index in [1.807, 2.05) is 50.2 Å². The molecule has 2 aromatic carbocycles. The summed E-state index contributed by atoms with van der Waals surface area (Å²) in [5.74, 6) is 0.675. The molecule has 1 fully saturated rings. The molecule has 0 aliphatic carbocycles. The van der Waals surface area contributed by atoms with Crippen LogP contribution in [0.1, 0.15) is 12.0 Å². The zero-order valence-electron chi connectivity index (χ0n) is 16.2. The standard InChI is InChI=1S/C21H23N3O4/c1-13-8-15(4-6-17(13)23(2)3)22-21(26)14-9-20(25)24(11-14)16-5-7-18-19(10-16)28-12-27-18/h4-8,10,14H,9,11-12H2,1-3H3,(H,22,26). The molecule has 0 aromatic heterocycles. The fraction of sp³-hybridized carbons (Fsp3) is 0.333. The minimum Gasteiger partial charge on any atom is -0.454 e. The average Bonchev–Trinajstić information content (AvgIpc) is 3.27. The number of aryl methyl sites for hydroxylation is 1. The van der Waals surface area contributed by atoms with Gasteiger partial charge in [0.2, 0.25) is 18.6 Å². The van der Waals surface area contributed by atoms with Crippen LogP contribution in [0.3, 0.4) is 0 Å². The number of ether oxygens (including phenoxy) is 2. The highest BCUT2D eigenvalue weighted by atomic mass is 16.7. The maximum Gasteiger partial charge on any atom is 0.231 e. The molecule has 1 atom stereocenters. The van der Waals surface area contributed by atoms with Crippen molar-refractivity contribution in [1.29, 1.82) is 0 Å². The number of hydrogen-bond donors (Lipinski definition) is 1. The maximum atomic E-state index is 12.7.